The first-order valence-electron chi connectivity index (χ1n) is 10.6. The van der Waals surface area contributed by atoms with Gasteiger partial charge in [-0.1, -0.05) is 17.7 Å². The van der Waals surface area contributed by atoms with E-state index < -0.39 is 5.63 Å². The number of likely N-dealkylation sites (tertiary alicyclic amines) is 1. The smallest absolute Gasteiger partial charge is 0.340 e. The molecule has 0 N–H and O–H groups in total. The van der Waals surface area contributed by atoms with Gasteiger partial charge < -0.3 is 18.6 Å². The van der Waals surface area contributed by atoms with Crippen LogP contribution in [0.2, 0.25) is 5.02 Å². The molecule has 0 radical (unpaired) electrons. The average molecular weight is 455 g/mol. The normalized spacial score (nSPS) is 19.7. The van der Waals surface area contributed by atoms with Gasteiger partial charge in [-0.2, -0.15) is 0 Å². The lowest BCUT2D eigenvalue weighted by Gasteiger charge is -2.42. The van der Waals surface area contributed by atoms with E-state index in [4.69, 9.17) is 20.8 Å². The Labute approximate surface area is 189 Å². The van der Waals surface area contributed by atoms with Gasteiger partial charge in [0.25, 0.3) is 5.56 Å². The molecule has 0 unspecified atom stereocenters. The third kappa shape index (κ3) is 3.41. The first-order valence-corrected chi connectivity index (χ1v) is 11.0. The van der Waals surface area contributed by atoms with Crippen LogP contribution in [0.1, 0.15) is 29.2 Å². The second-order valence-corrected chi connectivity index (χ2v) is 9.06. The molecular formula is C24H23ClN2O5. The van der Waals surface area contributed by atoms with Crippen LogP contribution in [0.25, 0.3) is 11.0 Å². The van der Waals surface area contributed by atoms with E-state index in [0.717, 1.165) is 12.1 Å². The molecule has 0 saturated carbocycles. The summed E-state index contributed by atoms with van der Waals surface area (Å²) >= 11 is 6.26. The number of aryl methyl sites for hydroxylation is 1. The summed E-state index contributed by atoms with van der Waals surface area (Å²) in [6, 6.07) is 8.61. The Morgan fingerprint density at radius 2 is 2.03 bits per heavy atom. The number of amides is 1. The maximum atomic E-state index is 13.2. The number of nitrogens with zero attached hydrogens (tertiary/aromatic N) is 2. The van der Waals surface area contributed by atoms with E-state index in [0.29, 0.717) is 52.5 Å². The van der Waals surface area contributed by atoms with Crippen molar-refractivity contribution in [3.8, 4) is 5.75 Å². The maximum absolute atomic E-state index is 13.2. The van der Waals surface area contributed by atoms with E-state index in [-0.39, 0.29) is 29.7 Å². The van der Waals surface area contributed by atoms with Gasteiger partial charge in [-0.15, -0.1) is 0 Å². The van der Waals surface area contributed by atoms with E-state index in [2.05, 4.69) is 0 Å². The summed E-state index contributed by atoms with van der Waals surface area (Å²) in [6.45, 7) is 3.54. The fraction of sp³-hybridized carbons (Fsp3) is 0.375. The van der Waals surface area contributed by atoms with Crippen LogP contribution in [-0.2, 0) is 17.8 Å². The van der Waals surface area contributed by atoms with Crippen molar-refractivity contribution >= 4 is 28.5 Å². The molecule has 3 aromatic rings. The summed E-state index contributed by atoms with van der Waals surface area (Å²) in [7, 11) is 1.49. The summed E-state index contributed by atoms with van der Waals surface area (Å²) in [5, 5.41) is 1.09. The maximum Gasteiger partial charge on any atom is 0.340 e. The Morgan fingerprint density at radius 1 is 1.22 bits per heavy atom. The molecule has 4 heterocycles. The van der Waals surface area contributed by atoms with Crippen LogP contribution in [0.4, 0.5) is 0 Å². The molecule has 8 heteroatoms. The lowest BCUT2D eigenvalue weighted by Crippen LogP contribution is -2.49. The molecule has 32 heavy (non-hydrogen) atoms. The van der Waals surface area contributed by atoms with Gasteiger partial charge in [0.1, 0.15) is 11.3 Å². The second kappa shape index (κ2) is 7.81. The summed E-state index contributed by atoms with van der Waals surface area (Å²) in [5.41, 5.74) is 1.87. The van der Waals surface area contributed by atoms with Crippen LogP contribution in [-0.4, -0.2) is 35.6 Å². The molecule has 2 aliphatic rings. The van der Waals surface area contributed by atoms with Crippen molar-refractivity contribution in [1.29, 1.82) is 0 Å². The van der Waals surface area contributed by atoms with Crippen LogP contribution in [0.15, 0.2) is 44.3 Å². The van der Waals surface area contributed by atoms with Crippen LogP contribution in [0.5, 0.6) is 5.75 Å². The molecule has 2 atom stereocenters. The number of rotatable bonds is 3. The molecule has 7 nitrogen and oxygen atoms in total. The number of methoxy groups -OCH3 is 1. The number of halogens is 1. The van der Waals surface area contributed by atoms with Crippen molar-refractivity contribution in [1.82, 2.24) is 9.47 Å². The number of benzene rings is 1. The number of fused-ring (bicyclic) bond motifs is 5. The average Bonchev–Trinajstić information content (AvgIpc) is 2.77. The Kier molecular flexibility index (Phi) is 5.08. The van der Waals surface area contributed by atoms with Crippen LogP contribution in [0, 0.1) is 12.8 Å². The van der Waals surface area contributed by atoms with Gasteiger partial charge in [0.15, 0.2) is 0 Å². The first kappa shape index (κ1) is 20.8. The van der Waals surface area contributed by atoms with Crippen molar-refractivity contribution < 1.29 is 13.9 Å². The highest BCUT2D eigenvalue weighted by molar-refractivity contribution is 6.32. The number of hydrogen-bond donors (Lipinski definition) is 0. The van der Waals surface area contributed by atoms with Crippen LogP contribution < -0.4 is 15.9 Å². The fourth-order valence-electron chi connectivity index (χ4n) is 5.11. The number of pyridine rings is 1. The zero-order valence-corrected chi connectivity index (χ0v) is 18.6. The van der Waals surface area contributed by atoms with Crippen LogP contribution >= 0.6 is 11.6 Å². The quantitative estimate of drug-likeness (QED) is 0.568. The molecule has 0 spiro atoms. The Morgan fingerprint density at radius 3 is 2.81 bits per heavy atom. The van der Waals surface area contributed by atoms with Gasteiger partial charge >= 0.3 is 5.63 Å². The van der Waals surface area contributed by atoms with Gasteiger partial charge in [0, 0.05) is 48.8 Å². The molecule has 2 aromatic heterocycles. The number of carbonyl (C=O) groups excluding carboxylic acids is 1. The first-order chi connectivity index (χ1) is 15.4. The van der Waals surface area contributed by atoms with Crippen molar-refractivity contribution in [3.63, 3.8) is 0 Å². The number of ether oxygens (including phenoxy) is 1. The molecule has 2 bridgehead atoms. The molecule has 1 fully saturated rings. The molecule has 2 aliphatic heterocycles. The van der Waals surface area contributed by atoms with E-state index in [9.17, 15) is 14.4 Å². The predicted molar refractivity (Wildman–Crippen MR) is 121 cm³/mol. The zero-order chi connectivity index (χ0) is 22.6. The highest BCUT2D eigenvalue weighted by Crippen LogP contribution is 2.35. The Hall–Kier alpha value is -3.06. The number of carbonyl (C=O) groups is 1. The van der Waals surface area contributed by atoms with Gasteiger partial charge in [-0.05, 0) is 37.0 Å². The van der Waals surface area contributed by atoms with Gasteiger partial charge in [0.05, 0.1) is 24.1 Å². The van der Waals surface area contributed by atoms with Gasteiger partial charge in [0.2, 0.25) is 5.91 Å². The van der Waals surface area contributed by atoms with E-state index in [1.165, 1.54) is 7.11 Å². The zero-order valence-electron chi connectivity index (χ0n) is 17.9. The summed E-state index contributed by atoms with van der Waals surface area (Å²) < 4.78 is 12.5. The second-order valence-electron chi connectivity index (χ2n) is 8.65. The van der Waals surface area contributed by atoms with Crippen LogP contribution in [0.3, 0.4) is 0 Å². The minimum absolute atomic E-state index is 0.0108. The standard InChI is InChI=1S/C24H23ClN2O5/c1-13-16-7-18(25)21(31-2)9-20(16)32-24(30)17(13)8-23(29)26-10-14-6-15(12-26)19-4-3-5-22(28)27(19)11-14/h3-5,7,9,14-15H,6,8,10-12H2,1-2H3/t14-,15-/m0/s1. The predicted octanol–water partition coefficient (Wildman–Crippen LogP) is 3.11. The molecule has 5 rings (SSSR count). The van der Waals surface area contributed by atoms with E-state index >= 15 is 0 Å². The van der Waals surface area contributed by atoms with E-state index in [1.54, 1.807) is 31.2 Å². The molecule has 1 amide bonds. The molecular weight excluding hydrogens is 432 g/mol. The lowest BCUT2D eigenvalue weighted by atomic mass is 9.83. The topological polar surface area (TPSA) is 81.8 Å². The monoisotopic (exact) mass is 454 g/mol. The minimum Gasteiger partial charge on any atom is -0.495 e. The highest BCUT2D eigenvalue weighted by atomic mass is 35.5. The summed E-state index contributed by atoms with van der Waals surface area (Å²) in [4.78, 5) is 40.0. The highest BCUT2D eigenvalue weighted by Gasteiger charge is 2.36. The van der Waals surface area contributed by atoms with Crippen molar-refractivity contribution in [2.75, 3.05) is 20.2 Å². The minimum atomic E-state index is -0.526. The Balaban J connectivity index is 1.43. The number of hydrogen-bond acceptors (Lipinski definition) is 5. The van der Waals surface area contributed by atoms with Gasteiger partial charge in [-0.3, -0.25) is 9.59 Å². The lowest BCUT2D eigenvalue weighted by molar-refractivity contribution is -0.133. The SMILES string of the molecule is COc1cc2oc(=O)c(CC(=O)N3C[C@@H]4C[C@@H](C3)c3cccc(=O)n3C4)c(C)c2cc1Cl. The third-order valence-corrected chi connectivity index (χ3v) is 7.02. The van der Waals surface area contributed by atoms with Crippen molar-refractivity contribution in [3.05, 3.63) is 72.9 Å². The van der Waals surface area contributed by atoms with Gasteiger partial charge in [-0.25, -0.2) is 4.79 Å². The molecule has 166 valence electrons. The molecule has 1 aromatic carbocycles. The molecule has 0 aliphatic carbocycles. The third-order valence-electron chi connectivity index (χ3n) is 6.72. The Bertz CT molecular complexity index is 1360. The fourth-order valence-corrected chi connectivity index (χ4v) is 5.35. The van der Waals surface area contributed by atoms with Crippen molar-refractivity contribution in [2.45, 2.75) is 32.2 Å². The number of piperidine rings is 1. The summed E-state index contributed by atoms with van der Waals surface area (Å²) in [5.74, 6) is 0.664. The molecule has 1 saturated heterocycles. The summed E-state index contributed by atoms with van der Waals surface area (Å²) in [6.07, 6.45) is 0.930. The van der Waals surface area contributed by atoms with E-state index in [1.807, 2.05) is 15.5 Å². The van der Waals surface area contributed by atoms with Crippen molar-refractivity contribution in [2.24, 2.45) is 5.92 Å². The number of aromatic nitrogens is 1. The largest absolute Gasteiger partial charge is 0.495 e.